The molecule has 0 saturated carbocycles. The van der Waals surface area contributed by atoms with Gasteiger partial charge < -0.3 is 4.74 Å². The summed E-state index contributed by atoms with van der Waals surface area (Å²) in [4.78, 5) is 4.66. The first-order valence-corrected chi connectivity index (χ1v) is 12.5. The molecular formula is C21H24ClNOS3. The molecule has 27 heavy (non-hydrogen) atoms. The molecule has 0 spiro atoms. The minimum absolute atomic E-state index is 0.412. The van der Waals surface area contributed by atoms with Crippen LogP contribution in [0.5, 0.6) is 5.75 Å². The third-order valence-electron chi connectivity index (χ3n) is 3.86. The van der Waals surface area contributed by atoms with Gasteiger partial charge in [-0.15, -0.1) is 34.9 Å². The van der Waals surface area contributed by atoms with Crippen LogP contribution < -0.4 is 4.74 Å². The lowest BCUT2D eigenvalue weighted by molar-refractivity contribution is 0.303. The minimum atomic E-state index is 0.412. The van der Waals surface area contributed by atoms with Crippen molar-refractivity contribution >= 4 is 56.7 Å². The predicted octanol–water partition coefficient (Wildman–Crippen LogP) is 7.81. The maximum absolute atomic E-state index is 6.21. The summed E-state index contributed by atoms with van der Waals surface area (Å²) in [5, 5.41) is 1.69. The third-order valence-corrected chi connectivity index (χ3v) is 8.33. The van der Waals surface area contributed by atoms with Gasteiger partial charge in [-0.3, -0.25) is 0 Å². The molecule has 6 heteroatoms. The molecule has 0 aliphatic rings. The molecule has 0 atom stereocenters. The van der Waals surface area contributed by atoms with Crippen LogP contribution in [0.4, 0.5) is 0 Å². The van der Waals surface area contributed by atoms with Gasteiger partial charge in [0, 0.05) is 10.6 Å². The Morgan fingerprint density at radius 2 is 1.81 bits per heavy atom. The Morgan fingerprint density at radius 3 is 2.56 bits per heavy atom. The van der Waals surface area contributed by atoms with E-state index in [4.69, 9.17) is 16.3 Å². The Bertz CT molecular complexity index is 860. The van der Waals surface area contributed by atoms with Crippen LogP contribution in [0, 0.1) is 0 Å². The van der Waals surface area contributed by atoms with E-state index in [1.54, 1.807) is 11.3 Å². The number of nitrogens with zero attached hydrogens (tertiary/aromatic N) is 1. The van der Waals surface area contributed by atoms with Crippen LogP contribution >= 0.6 is 46.5 Å². The Morgan fingerprint density at radius 1 is 1.07 bits per heavy atom. The molecule has 0 aliphatic carbocycles. The molecule has 0 radical (unpaired) electrons. The van der Waals surface area contributed by atoms with E-state index >= 15 is 0 Å². The van der Waals surface area contributed by atoms with Gasteiger partial charge in [-0.05, 0) is 48.6 Å². The summed E-state index contributed by atoms with van der Waals surface area (Å²) in [7, 11) is 0. The van der Waals surface area contributed by atoms with Crippen molar-refractivity contribution in [1.82, 2.24) is 4.98 Å². The maximum atomic E-state index is 6.21. The second kappa shape index (κ2) is 10.6. The van der Waals surface area contributed by atoms with Crippen molar-refractivity contribution in [1.29, 1.82) is 0 Å². The van der Waals surface area contributed by atoms with E-state index in [1.807, 2.05) is 47.8 Å². The normalized spacial score (nSPS) is 11.4. The summed E-state index contributed by atoms with van der Waals surface area (Å²) in [5.74, 6) is 3.29. The van der Waals surface area contributed by atoms with Gasteiger partial charge in [-0.2, -0.15) is 0 Å². The largest absolute Gasteiger partial charge is 0.486 e. The van der Waals surface area contributed by atoms with Gasteiger partial charge >= 0.3 is 0 Å². The van der Waals surface area contributed by atoms with Gasteiger partial charge in [0.25, 0.3) is 0 Å². The zero-order valence-corrected chi connectivity index (χ0v) is 18.8. The highest BCUT2D eigenvalue weighted by Crippen LogP contribution is 2.44. The van der Waals surface area contributed by atoms with Gasteiger partial charge in [0.05, 0.1) is 14.8 Å². The van der Waals surface area contributed by atoms with Crippen LogP contribution in [0.1, 0.15) is 41.8 Å². The molecule has 3 rings (SSSR count). The molecular weight excluding hydrogens is 414 g/mol. The zero-order valence-electron chi connectivity index (χ0n) is 15.6. The van der Waals surface area contributed by atoms with Crippen LogP contribution in [0.15, 0.2) is 42.5 Å². The fourth-order valence-corrected chi connectivity index (χ4v) is 6.27. The van der Waals surface area contributed by atoms with Crippen molar-refractivity contribution < 1.29 is 4.74 Å². The lowest BCUT2D eigenvalue weighted by Crippen LogP contribution is -2.00. The molecule has 2 nitrogen and oxygen atoms in total. The van der Waals surface area contributed by atoms with Crippen molar-refractivity contribution in [3.8, 4) is 5.75 Å². The van der Waals surface area contributed by atoms with Gasteiger partial charge in [0.1, 0.15) is 17.4 Å². The predicted molar refractivity (Wildman–Crippen MR) is 124 cm³/mol. The molecule has 3 aromatic rings. The van der Waals surface area contributed by atoms with Gasteiger partial charge in [-0.25, -0.2) is 4.98 Å². The minimum Gasteiger partial charge on any atom is -0.486 e. The summed E-state index contributed by atoms with van der Waals surface area (Å²) >= 11 is 11.8. The average Bonchev–Trinajstić information content (AvgIpc) is 3.09. The average molecular weight is 438 g/mol. The van der Waals surface area contributed by atoms with Gasteiger partial charge in [0.15, 0.2) is 0 Å². The second-order valence-electron chi connectivity index (χ2n) is 6.12. The number of rotatable bonds is 10. The van der Waals surface area contributed by atoms with Gasteiger partial charge in [-0.1, -0.05) is 43.6 Å². The quantitative estimate of drug-likeness (QED) is 0.301. The summed E-state index contributed by atoms with van der Waals surface area (Å²) < 4.78 is 7.76. The monoisotopic (exact) mass is 437 g/mol. The van der Waals surface area contributed by atoms with Crippen molar-refractivity contribution in [3.05, 3.63) is 58.1 Å². The van der Waals surface area contributed by atoms with Crippen LogP contribution in [0.2, 0.25) is 5.02 Å². The molecule has 144 valence electrons. The van der Waals surface area contributed by atoms with Crippen molar-refractivity contribution in [3.63, 3.8) is 0 Å². The van der Waals surface area contributed by atoms with E-state index in [9.17, 15) is 0 Å². The molecule has 0 bridgehead atoms. The SMILES string of the molecule is CCCSC(SCCC)c1ccccc1OCc1nc2cc(Cl)ccc2s1. The number of thiazole rings is 1. The summed E-state index contributed by atoms with van der Waals surface area (Å²) in [5.41, 5.74) is 2.22. The highest BCUT2D eigenvalue weighted by molar-refractivity contribution is 8.16. The summed E-state index contributed by atoms with van der Waals surface area (Å²) in [6, 6.07) is 14.3. The molecule has 0 fully saturated rings. The van der Waals surface area contributed by atoms with E-state index in [1.165, 1.54) is 18.4 Å². The highest BCUT2D eigenvalue weighted by atomic mass is 35.5. The molecule has 0 unspecified atom stereocenters. The van der Waals surface area contributed by atoms with Crippen LogP contribution in [0.25, 0.3) is 10.2 Å². The Balaban J connectivity index is 1.75. The Kier molecular flexibility index (Phi) is 8.19. The molecule has 0 aliphatic heterocycles. The van der Waals surface area contributed by atoms with E-state index in [0.29, 0.717) is 16.2 Å². The number of aromatic nitrogens is 1. The smallest absolute Gasteiger partial charge is 0.140 e. The number of benzene rings is 2. The molecule has 1 aromatic heterocycles. The van der Waals surface area contributed by atoms with Crippen LogP contribution in [-0.4, -0.2) is 16.5 Å². The van der Waals surface area contributed by atoms with E-state index < -0.39 is 0 Å². The third kappa shape index (κ3) is 5.80. The van der Waals surface area contributed by atoms with E-state index in [2.05, 4.69) is 37.0 Å². The standard InChI is InChI=1S/C21H24ClNOS3/c1-3-11-25-21(26-12-4-2)16-7-5-6-8-18(16)24-14-20-23-17-13-15(22)9-10-19(17)27-20/h5-10,13,21H,3-4,11-12,14H2,1-2H3. The van der Waals surface area contributed by atoms with Crippen molar-refractivity contribution in [2.75, 3.05) is 11.5 Å². The first kappa shape index (κ1) is 20.8. The van der Waals surface area contributed by atoms with Gasteiger partial charge in [0.2, 0.25) is 0 Å². The number of thioether (sulfide) groups is 2. The zero-order chi connectivity index (χ0) is 19.1. The highest BCUT2D eigenvalue weighted by Gasteiger charge is 2.17. The fourth-order valence-electron chi connectivity index (χ4n) is 2.63. The molecule has 1 heterocycles. The Labute approximate surface area is 179 Å². The lowest BCUT2D eigenvalue weighted by atomic mass is 10.2. The lowest BCUT2D eigenvalue weighted by Gasteiger charge is -2.19. The number of ether oxygens (including phenoxy) is 1. The number of fused-ring (bicyclic) bond motifs is 1. The maximum Gasteiger partial charge on any atom is 0.140 e. The second-order valence-corrected chi connectivity index (χ2v) is 10.4. The summed E-state index contributed by atoms with van der Waals surface area (Å²) in [6.45, 7) is 4.95. The van der Waals surface area contributed by atoms with E-state index in [0.717, 1.165) is 32.5 Å². The first-order valence-electron chi connectivity index (χ1n) is 9.21. The van der Waals surface area contributed by atoms with E-state index in [-0.39, 0.29) is 0 Å². The first-order chi connectivity index (χ1) is 13.2. The molecule has 0 N–H and O–H groups in total. The van der Waals surface area contributed by atoms with Crippen LogP contribution in [-0.2, 0) is 6.61 Å². The molecule has 0 amide bonds. The molecule has 2 aromatic carbocycles. The van der Waals surface area contributed by atoms with Crippen molar-refractivity contribution in [2.24, 2.45) is 0 Å². The number of halogens is 1. The Hall–Kier alpha value is -0.880. The van der Waals surface area contributed by atoms with Crippen molar-refractivity contribution in [2.45, 2.75) is 37.9 Å². The molecule has 0 saturated heterocycles. The summed E-state index contributed by atoms with van der Waals surface area (Å²) in [6.07, 6.45) is 2.37. The number of para-hydroxylation sites is 1. The fraction of sp³-hybridized carbons (Fsp3) is 0.381. The topological polar surface area (TPSA) is 22.1 Å². The van der Waals surface area contributed by atoms with Crippen LogP contribution in [0.3, 0.4) is 0 Å². The number of hydrogen-bond donors (Lipinski definition) is 0. The number of hydrogen-bond acceptors (Lipinski definition) is 5.